The molecule has 0 saturated heterocycles. The van der Waals surface area contributed by atoms with Gasteiger partial charge in [0.25, 0.3) is 0 Å². The first-order valence-electron chi connectivity index (χ1n) is 6.50. The highest BCUT2D eigenvalue weighted by Gasteiger charge is 2.08. The summed E-state index contributed by atoms with van der Waals surface area (Å²) in [5.74, 6) is 1.20. The minimum Gasteiger partial charge on any atom is -0.418 e. The fourth-order valence-corrected chi connectivity index (χ4v) is 2.89. The molecule has 0 aliphatic rings. The lowest BCUT2D eigenvalue weighted by Gasteiger charge is -2.12. The summed E-state index contributed by atoms with van der Waals surface area (Å²) in [5.41, 5.74) is 4.19. The van der Waals surface area contributed by atoms with Crippen molar-refractivity contribution in [3.05, 3.63) is 58.7 Å². The summed E-state index contributed by atoms with van der Waals surface area (Å²) in [4.78, 5) is 0. The quantitative estimate of drug-likeness (QED) is 0.761. The molecule has 3 nitrogen and oxygen atoms in total. The Bertz CT molecular complexity index is 595. The van der Waals surface area contributed by atoms with Crippen LogP contribution in [0.1, 0.15) is 22.3 Å². The zero-order chi connectivity index (χ0) is 14.7. The van der Waals surface area contributed by atoms with Gasteiger partial charge in [0, 0.05) is 0 Å². The minimum atomic E-state index is -2.61. The highest BCUT2D eigenvalue weighted by molar-refractivity contribution is 7.34. The van der Waals surface area contributed by atoms with Gasteiger partial charge in [-0.25, -0.2) is 4.57 Å². The highest BCUT2D eigenvalue weighted by Crippen LogP contribution is 2.34. The number of hydrogen-bond acceptors (Lipinski definition) is 3. The van der Waals surface area contributed by atoms with Gasteiger partial charge in [-0.2, -0.15) is 0 Å². The third-order valence-electron chi connectivity index (χ3n) is 3.05. The fourth-order valence-electron chi connectivity index (χ4n) is 2.03. The van der Waals surface area contributed by atoms with Crippen molar-refractivity contribution in [2.24, 2.45) is 0 Å². The monoisotopic (exact) mass is 290 g/mol. The van der Waals surface area contributed by atoms with E-state index in [2.05, 4.69) is 0 Å². The van der Waals surface area contributed by atoms with Crippen molar-refractivity contribution >= 4 is 8.25 Å². The third kappa shape index (κ3) is 3.64. The van der Waals surface area contributed by atoms with E-state index in [1.807, 2.05) is 64.1 Å². The van der Waals surface area contributed by atoms with E-state index in [-0.39, 0.29) is 0 Å². The van der Waals surface area contributed by atoms with Crippen LogP contribution in [-0.2, 0) is 4.57 Å². The molecule has 0 spiro atoms. The minimum absolute atomic E-state index is 0.601. The van der Waals surface area contributed by atoms with Crippen molar-refractivity contribution in [2.75, 3.05) is 0 Å². The van der Waals surface area contributed by atoms with Crippen molar-refractivity contribution < 1.29 is 13.6 Å². The van der Waals surface area contributed by atoms with Crippen molar-refractivity contribution in [2.45, 2.75) is 27.7 Å². The summed E-state index contributed by atoms with van der Waals surface area (Å²) < 4.78 is 22.8. The van der Waals surface area contributed by atoms with E-state index in [1.54, 1.807) is 0 Å². The van der Waals surface area contributed by atoms with Crippen molar-refractivity contribution in [3.8, 4) is 11.5 Å². The lowest BCUT2D eigenvalue weighted by molar-refractivity contribution is 0.413. The predicted octanol–water partition coefficient (Wildman–Crippen LogP) is 4.77. The molecule has 4 heteroatoms. The topological polar surface area (TPSA) is 35.5 Å². The number of hydrogen-bond donors (Lipinski definition) is 0. The second kappa shape index (κ2) is 6.15. The first-order chi connectivity index (χ1) is 9.45. The predicted molar refractivity (Wildman–Crippen MR) is 82.1 cm³/mol. The Balaban J connectivity index is 2.09. The first kappa shape index (κ1) is 14.7. The molecule has 0 aliphatic heterocycles. The molecule has 106 valence electrons. The van der Waals surface area contributed by atoms with Gasteiger partial charge in [-0.1, -0.05) is 35.4 Å². The zero-order valence-corrected chi connectivity index (χ0v) is 13.2. The molecule has 0 unspecified atom stereocenters. The van der Waals surface area contributed by atoms with Crippen LogP contribution in [0.25, 0.3) is 0 Å². The first-order valence-corrected chi connectivity index (χ1v) is 7.72. The van der Waals surface area contributed by atoms with Crippen LogP contribution in [0, 0.1) is 27.7 Å². The average Bonchev–Trinajstić information content (AvgIpc) is 2.36. The van der Waals surface area contributed by atoms with Crippen molar-refractivity contribution in [1.82, 2.24) is 0 Å². The Labute approximate surface area is 120 Å². The molecule has 0 heterocycles. The van der Waals surface area contributed by atoms with Gasteiger partial charge in [0.2, 0.25) is 0 Å². The lowest BCUT2D eigenvalue weighted by Crippen LogP contribution is -1.93. The molecule has 2 aromatic rings. The second-order valence-corrected chi connectivity index (χ2v) is 5.90. The molecule has 2 aromatic carbocycles. The Morgan fingerprint density at radius 3 is 1.50 bits per heavy atom. The molecular formula is C16H19O3P. The van der Waals surface area contributed by atoms with E-state index < -0.39 is 8.25 Å². The van der Waals surface area contributed by atoms with Crippen LogP contribution < -0.4 is 9.05 Å². The molecule has 0 aromatic heterocycles. The SMILES string of the molecule is Cc1ccc(O[PH](=O)Oc2ccc(C)cc2C)c(C)c1. The second-order valence-electron chi connectivity index (χ2n) is 4.99. The number of rotatable bonds is 4. The maximum absolute atomic E-state index is 12.0. The van der Waals surface area contributed by atoms with Gasteiger partial charge in [0.05, 0.1) is 0 Å². The zero-order valence-electron chi connectivity index (χ0n) is 12.2. The molecule has 0 atom stereocenters. The standard InChI is InChI=1S/C16H19O3P/c1-11-5-7-15(13(3)9-11)18-20(17)19-16-8-6-12(2)10-14(16)4/h5-10,20H,1-4H3. The molecule has 2 rings (SSSR count). The van der Waals surface area contributed by atoms with Gasteiger partial charge in [-0.15, -0.1) is 0 Å². The molecule has 0 N–H and O–H groups in total. The van der Waals surface area contributed by atoms with Crippen LogP contribution in [0.15, 0.2) is 36.4 Å². The van der Waals surface area contributed by atoms with Crippen LogP contribution in [-0.4, -0.2) is 0 Å². The summed E-state index contributed by atoms with van der Waals surface area (Å²) in [6, 6.07) is 11.5. The number of benzene rings is 2. The van der Waals surface area contributed by atoms with E-state index in [1.165, 1.54) is 0 Å². The van der Waals surface area contributed by atoms with Crippen molar-refractivity contribution in [1.29, 1.82) is 0 Å². The lowest BCUT2D eigenvalue weighted by atomic mass is 10.1. The van der Waals surface area contributed by atoms with E-state index >= 15 is 0 Å². The molecule has 0 saturated carbocycles. The maximum Gasteiger partial charge on any atom is 0.418 e. The Morgan fingerprint density at radius 2 is 1.15 bits per heavy atom. The van der Waals surface area contributed by atoms with Crippen LogP contribution in [0.2, 0.25) is 0 Å². The summed E-state index contributed by atoms with van der Waals surface area (Å²) in [7, 11) is -2.61. The largest absolute Gasteiger partial charge is 0.418 e. The summed E-state index contributed by atoms with van der Waals surface area (Å²) in [6.07, 6.45) is 0. The van der Waals surface area contributed by atoms with Crippen LogP contribution >= 0.6 is 8.25 Å². The van der Waals surface area contributed by atoms with Gasteiger partial charge < -0.3 is 9.05 Å². The molecule has 20 heavy (non-hydrogen) atoms. The molecule has 0 bridgehead atoms. The van der Waals surface area contributed by atoms with E-state index in [0.717, 1.165) is 22.3 Å². The highest BCUT2D eigenvalue weighted by atomic mass is 31.1. The fraction of sp³-hybridized carbons (Fsp3) is 0.250. The summed E-state index contributed by atoms with van der Waals surface area (Å²) in [6.45, 7) is 7.86. The molecule has 0 radical (unpaired) electrons. The third-order valence-corrected chi connectivity index (χ3v) is 3.82. The van der Waals surface area contributed by atoms with Gasteiger partial charge in [-0.05, 0) is 51.0 Å². The van der Waals surface area contributed by atoms with Crippen LogP contribution in [0.4, 0.5) is 0 Å². The normalized spacial score (nSPS) is 10.7. The van der Waals surface area contributed by atoms with Gasteiger partial charge >= 0.3 is 8.25 Å². The Morgan fingerprint density at radius 1 is 0.750 bits per heavy atom. The maximum atomic E-state index is 12.0. The van der Waals surface area contributed by atoms with E-state index in [4.69, 9.17) is 9.05 Å². The van der Waals surface area contributed by atoms with Gasteiger partial charge in [-0.3, -0.25) is 0 Å². The van der Waals surface area contributed by atoms with Crippen LogP contribution in [0.5, 0.6) is 11.5 Å². The van der Waals surface area contributed by atoms with Crippen LogP contribution in [0.3, 0.4) is 0 Å². The van der Waals surface area contributed by atoms with E-state index in [9.17, 15) is 4.57 Å². The summed E-state index contributed by atoms with van der Waals surface area (Å²) in [5, 5.41) is 0. The smallest absolute Gasteiger partial charge is 0.418 e. The molecular weight excluding hydrogens is 271 g/mol. The van der Waals surface area contributed by atoms with Crippen molar-refractivity contribution in [3.63, 3.8) is 0 Å². The summed E-state index contributed by atoms with van der Waals surface area (Å²) >= 11 is 0. The molecule has 0 amide bonds. The average molecular weight is 290 g/mol. The van der Waals surface area contributed by atoms with Gasteiger partial charge in [0.1, 0.15) is 11.5 Å². The van der Waals surface area contributed by atoms with E-state index in [0.29, 0.717) is 11.5 Å². The van der Waals surface area contributed by atoms with Gasteiger partial charge in [0.15, 0.2) is 0 Å². The molecule has 0 aliphatic carbocycles. The Kier molecular flexibility index (Phi) is 4.51. The number of aryl methyl sites for hydroxylation is 4. The Hall–Kier alpha value is -1.73. The molecule has 0 fully saturated rings.